The summed E-state index contributed by atoms with van der Waals surface area (Å²) < 4.78 is 16.5. The Labute approximate surface area is 145 Å². The molecule has 0 aliphatic carbocycles. The minimum atomic E-state index is 0.559. The lowest BCUT2D eigenvalue weighted by Crippen LogP contribution is -2.15. The highest BCUT2D eigenvalue weighted by Gasteiger charge is 2.12. The Hall–Kier alpha value is -3.22. The maximum atomic E-state index is 5.61. The first-order chi connectivity index (χ1) is 12.3. The van der Waals surface area contributed by atoms with Gasteiger partial charge in [-0.15, -0.1) is 0 Å². The molecule has 0 bridgehead atoms. The maximum absolute atomic E-state index is 5.61. The molecule has 1 aliphatic rings. The van der Waals surface area contributed by atoms with Crippen LogP contribution in [0.4, 0.5) is 17.3 Å². The van der Waals surface area contributed by atoms with Crippen LogP contribution in [0.1, 0.15) is 11.6 Å². The first-order valence-electron chi connectivity index (χ1n) is 8.05. The fraction of sp³-hybridized carbons (Fsp3) is 0.222. The van der Waals surface area contributed by atoms with E-state index >= 15 is 0 Å². The van der Waals surface area contributed by atoms with E-state index in [-0.39, 0.29) is 0 Å². The fourth-order valence-electron chi connectivity index (χ4n) is 2.58. The first-order valence-corrected chi connectivity index (χ1v) is 8.05. The van der Waals surface area contributed by atoms with E-state index in [1.165, 1.54) is 0 Å². The molecule has 4 rings (SSSR count). The van der Waals surface area contributed by atoms with Gasteiger partial charge in [0.1, 0.15) is 36.4 Å². The fourth-order valence-corrected chi connectivity index (χ4v) is 2.58. The van der Waals surface area contributed by atoms with Crippen LogP contribution in [0.25, 0.3) is 0 Å². The average molecular weight is 338 g/mol. The molecule has 0 amide bonds. The van der Waals surface area contributed by atoms with E-state index in [2.05, 4.69) is 20.6 Å². The van der Waals surface area contributed by atoms with Gasteiger partial charge >= 0.3 is 0 Å². The average Bonchev–Trinajstić information content (AvgIpc) is 3.13. The highest BCUT2D eigenvalue weighted by atomic mass is 16.6. The summed E-state index contributed by atoms with van der Waals surface area (Å²) in [5.74, 6) is 4.44. The summed E-state index contributed by atoms with van der Waals surface area (Å²) in [5, 5.41) is 6.51. The molecule has 0 fully saturated rings. The predicted octanol–water partition coefficient (Wildman–Crippen LogP) is 3.50. The molecule has 0 spiro atoms. The summed E-state index contributed by atoms with van der Waals surface area (Å²) in [4.78, 5) is 8.83. The molecule has 25 heavy (non-hydrogen) atoms. The lowest BCUT2D eigenvalue weighted by molar-refractivity contribution is 0.171. The molecule has 1 aromatic carbocycles. The first kappa shape index (κ1) is 15.3. The molecule has 7 heteroatoms. The number of hydrogen-bond acceptors (Lipinski definition) is 7. The second-order valence-corrected chi connectivity index (χ2v) is 5.60. The predicted molar refractivity (Wildman–Crippen MR) is 93.5 cm³/mol. The van der Waals surface area contributed by atoms with Crippen molar-refractivity contribution in [1.82, 2.24) is 9.97 Å². The van der Waals surface area contributed by atoms with Gasteiger partial charge in [0, 0.05) is 17.8 Å². The third-order valence-electron chi connectivity index (χ3n) is 3.68. The van der Waals surface area contributed by atoms with Gasteiger partial charge in [0.15, 0.2) is 11.5 Å². The van der Waals surface area contributed by atoms with Crippen molar-refractivity contribution >= 4 is 17.3 Å². The normalized spacial score (nSPS) is 12.7. The van der Waals surface area contributed by atoms with Crippen molar-refractivity contribution in [2.45, 2.75) is 13.5 Å². The van der Waals surface area contributed by atoms with Crippen LogP contribution in [0.15, 0.2) is 47.1 Å². The van der Waals surface area contributed by atoms with Crippen LogP contribution in [-0.2, 0) is 6.54 Å². The van der Waals surface area contributed by atoms with Gasteiger partial charge in [-0.05, 0) is 31.2 Å². The van der Waals surface area contributed by atoms with Gasteiger partial charge in [0.25, 0.3) is 0 Å². The van der Waals surface area contributed by atoms with E-state index in [0.717, 1.165) is 28.8 Å². The number of anilines is 3. The van der Waals surface area contributed by atoms with E-state index < -0.39 is 0 Å². The van der Waals surface area contributed by atoms with E-state index in [1.807, 2.05) is 43.3 Å². The molecular formula is C18H18N4O3. The third-order valence-corrected chi connectivity index (χ3v) is 3.68. The zero-order chi connectivity index (χ0) is 17.1. The zero-order valence-corrected chi connectivity index (χ0v) is 13.8. The molecule has 2 aromatic heterocycles. The summed E-state index contributed by atoms with van der Waals surface area (Å²) in [7, 11) is 0. The number of hydrogen-bond donors (Lipinski definition) is 2. The van der Waals surface area contributed by atoms with Gasteiger partial charge in [0.05, 0.1) is 12.8 Å². The standard InChI is InChI=1S/C18H18N4O3/c1-12-20-17(19-11-14-3-2-6-23-14)10-18(21-12)22-13-4-5-15-16(9-13)25-8-7-24-15/h2-6,9-10H,7-8,11H2,1H3,(H2,19,20,21,22). The number of rotatable bonds is 5. The van der Waals surface area contributed by atoms with Crippen molar-refractivity contribution in [1.29, 1.82) is 0 Å². The van der Waals surface area contributed by atoms with E-state index in [0.29, 0.717) is 31.4 Å². The Morgan fingerprint density at radius 3 is 2.68 bits per heavy atom. The molecule has 7 nitrogen and oxygen atoms in total. The number of furan rings is 1. The van der Waals surface area contributed by atoms with Crippen LogP contribution in [0.5, 0.6) is 11.5 Å². The summed E-state index contributed by atoms with van der Waals surface area (Å²) in [6.07, 6.45) is 1.65. The number of ether oxygens (including phenoxy) is 2. The quantitative estimate of drug-likeness (QED) is 0.737. The SMILES string of the molecule is Cc1nc(NCc2ccco2)cc(Nc2ccc3c(c2)OCCO3)n1. The van der Waals surface area contributed by atoms with Crippen molar-refractivity contribution in [3.63, 3.8) is 0 Å². The Morgan fingerprint density at radius 2 is 1.84 bits per heavy atom. The molecule has 0 saturated heterocycles. The van der Waals surface area contributed by atoms with Crippen LogP contribution >= 0.6 is 0 Å². The van der Waals surface area contributed by atoms with Crippen molar-refractivity contribution in [2.24, 2.45) is 0 Å². The summed E-state index contributed by atoms with van der Waals surface area (Å²) >= 11 is 0. The van der Waals surface area contributed by atoms with Crippen LogP contribution < -0.4 is 20.1 Å². The Bertz CT molecular complexity index is 865. The second kappa shape index (κ2) is 6.72. The highest BCUT2D eigenvalue weighted by molar-refractivity contribution is 5.63. The van der Waals surface area contributed by atoms with Crippen molar-refractivity contribution in [2.75, 3.05) is 23.8 Å². The van der Waals surface area contributed by atoms with Crippen molar-refractivity contribution < 1.29 is 13.9 Å². The van der Waals surface area contributed by atoms with Gasteiger partial charge in [-0.3, -0.25) is 0 Å². The Balaban J connectivity index is 1.50. The van der Waals surface area contributed by atoms with Gasteiger partial charge in [-0.25, -0.2) is 9.97 Å². The zero-order valence-electron chi connectivity index (χ0n) is 13.8. The van der Waals surface area contributed by atoms with Crippen LogP contribution in [-0.4, -0.2) is 23.2 Å². The Kier molecular flexibility index (Phi) is 4.12. The van der Waals surface area contributed by atoms with E-state index in [4.69, 9.17) is 13.9 Å². The maximum Gasteiger partial charge on any atom is 0.163 e. The van der Waals surface area contributed by atoms with E-state index in [1.54, 1.807) is 6.26 Å². The molecule has 128 valence electrons. The Morgan fingerprint density at radius 1 is 1.00 bits per heavy atom. The number of aromatic nitrogens is 2. The minimum Gasteiger partial charge on any atom is -0.486 e. The monoisotopic (exact) mass is 338 g/mol. The topological polar surface area (TPSA) is 81.4 Å². The molecule has 3 heterocycles. The van der Waals surface area contributed by atoms with Gasteiger partial charge in [-0.1, -0.05) is 0 Å². The molecule has 2 N–H and O–H groups in total. The minimum absolute atomic E-state index is 0.559. The molecule has 0 radical (unpaired) electrons. The number of fused-ring (bicyclic) bond motifs is 1. The molecule has 1 aliphatic heterocycles. The number of nitrogens with one attached hydrogen (secondary N) is 2. The molecule has 0 saturated carbocycles. The summed E-state index contributed by atoms with van der Waals surface area (Å²) in [5.41, 5.74) is 0.874. The van der Waals surface area contributed by atoms with Gasteiger partial charge < -0.3 is 24.5 Å². The largest absolute Gasteiger partial charge is 0.486 e. The smallest absolute Gasteiger partial charge is 0.163 e. The van der Waals surface area contributed by atoms with E-state index in [9.17, 15) is 0 Å². The summed E-state index contributed by atoms with van der Waals surface area (Å²) in [6.45, 7) is 3.56. The van der Waals surface area contributed by atoms with Crippen LogP contribution in [0.2, 0.25) is 0 Å². The molecule has 0 unspecified atom stereocenters. The molecule has 3 aromatic rings. The number of aryl methyl sites for hydroxylation is 1. The molecular weight excluding hydrogens is 320 g/mol. The van der Waals surface area contributed by atoms with Crippen LogP contribution in [0, 0.1) is 6.92 Å². The van der Waals surface area contributed by atoms with Crippen molar-refractivity contribution in [3.8, 4) is 11.5 Å². The second-order valence-electron chi connectivity index (χ2n) is 5.60. The lowest BCUT2D eigenvalue weighted by atomic mass is 10.2. The number of benzene rings is 1. The van der Waals surface area contributed by atoms with Gasteiger partial charge in [-0.2, -0.15) is 0 Å². The van der Waals surface area contributed by atoms with Crippen molar-refractivity contribution in [3.05, 3.63) is 54.2 Å². The number of nitrogens with zero attached hydrogens (tertiary/aromatic N) is 2. The lowest BCUT2D eigenvalue weighted by Gasteiger charge is -2.19. The molecule has 0 atom stereocenters. The van der Waals surface area contributed by atoms with Gasteiger partial charge in [0.2, 0.25) is 0 Å². The van der Waals surface area contributed by atoms with Crippen LogP contribution in [0.3, 0.4) is 0 Å². The summed E-state index contributed by atoms with van der Waals surface area (Å²) in [6, 6.07) is 11.4. The third kappa shape index (κ3) is 3.65. The highest BCUT2D eigenvalue weighted by Crippen LogP contribution is 2.33.